The van der Waals surface area contributed by atoms with Crippen LogP contribution in [0.3, 0.4) is 0 Å². The van der Waals surface area contributed by atoms with Gasteiger partial charge in [-0.15, -0.1) is 0 Å². The number of carbonyl (C=O) groups is 1. The Balaban J connectivity index is 1.79. The van der Waals surface area contributed by atoms with Crippen molar-refractivity contribution in [2.24, 2.45) is 0 Å². The molecule has 0 fully saturated rings. The fraction of sp³-hybridized carbons (Fsp3) is 0.500. The molecular weight excluding hydrogens is 244 g/mol. The van der Waals surface area contributed by atoms with Crippen molar-refractivity contribution in [3.63, 3.8) is 0 Å². The van der Waals surface area contributed by atoms with Gasteiger partial charge in [-0.05, 0) is 12.1 Å². The molecular formula is C14H20N2O3. The van der Waals surface area contributed by atoms with Crippen LogP contribution < -0.4 is 20.1 Å². The van der Waals surface area contributed by atoms with E-state index in [1.54, 1.807) is 6.07 Å². The molecule has 5 nitrogen and oxygen atoms in total. The molecule has 104 valence electrons. The number of nitrogens with one attached hydrogen (secondary N) is 2. The lowest BCUT2D eigenvalue weighted by Gasteiger charge is -2.25. The molecule has 0 bridgehead atoms. The molecule has 1 atom stereocenters. The molecule has 1 unspecified atom stereocenters. The largest absolute Gasteiger partial charge is 0.485 e. The van der Waals surface area contributed by atoms with Crippen LogP contribution in [0.5, 0.6) is 11.5 Å². The first-order chi connectivity index (χ1) is 9.16. The van der Waals surface area contributed by atoms with Gasteiger partial charge in [-0.3, -0.25) is 4.79 Å². The SMILES string of the molecule is CC(C)NCCNC(=O)C1COc2ccccc2O1. The van der Waals surface area contributed by atoms with Crippen LogP contribution in [0.1, 0.15) is 13.8 Å². The molecule has 0 aromatic heterocycles. The molecule has 2 rings (SSSR count). The Bertz CT molecular complexity index is 434. The van der Waals surface area contributed by atoms with Crippen molar-refractivity contribution in [1.29, 1.82) is 0 Å². The van der Waals surface area contributed by atoms with Crippen LogP contribution in [0.4, 0.5) is 0 Å². The van der Waals surface area contributed by atoms with Gasteiger partial charge in [0.25, 0.3) is 5.91 Å². The Hall–Kier alpha value is -1.75. The summed E-state index contributed by atoms with van der Waals surface area (Å²) in [5.74, 6) is 1.17. The Kier molecular flexibility index (Phi) is 4.63. The van der Waals surface area contributed by atoms with Gasteiger partial charge in [0.2, 0.25) is 6.10 Å². The number of fused-ring (bicyclic) bond motifs is 1. The van der Waals surface area contributed by atoms with Crippen molar-refractivity contribution < 1.29 is 14.3 Å². The zero-order chi connectivity index (χ0) is 13.7. The summed E-state index contributed by atoms with van der Waals surface area (Å²) in [6.45, 7) is 5.71. The van der Waals surface area contributed by atoms with Crippen LogP contribution in [0.15, 0.2) is 24.3 Å². The topological polar surface area (TPSA) is 59.6 Å². The minimum Gasteiger partial charge on any atom is -0.485 e. The van der Waals surface area contributed by atoms with Gasteiger partial charge >= 0.3 is 0 Å². The molecule has 2 N–H and O–H groups in total. The third-order valence-corrected chi connectivity index (χ3v) is 2.78. The first kappa shape index (κ1) is 13.7. The highest BCUT2D eigenvalue weighted by Crippen LogP contribution is 2.30. The van der Waals surface area contributed by atoms with Crippen molar-refractivity contribution in [1.82, 2.24) is 10.6 Å². The fourth-order valence-electron chi connectivity index (χ4n) is 1.81. The van der Waals surface area contributed by atoms with Gasteiger partial charge in [0.05, 0.1) is 0 Å². The van der Waals surface area contributed by atoms with Crippen molar-refractivity contribution in [2.75, 3.05) is 19.7 Å². The standard InChI is InChI=1S/C14H20N2O3/c1-10(2)15-7-8-16-14(17)13-9-18-11-5-3-4-6-12(11)19-13/h3-6,10,13,15H,7-9H2,1-2H3,(H,16,17). The molecule has 19 heavy (non-hydrogen) atoms. The van der Waals surface area contributed by atoms with Gasteiger partial charge in [0.1, 0.15) is 6.61 Å². The summed E-state index contributed by atoms with van der Waals surface area (Å²) in [5.41, 5.74) is 0. The maximum absolute atomic E-state index is 11.9. The summed E-state index contributed by atoms with van der Waals surface area (Å²) < 4.78 is 11.1. The summed E-state index contributed by atoms with van der Waals surface area (Å²) in [6.07, 6.45) is -0.575. The predicted molar refractivity (Wildman–Crippen MR) is 72.5 cm³/mol. The first-order valence-electron chi connectivity index (χ1n) is 6.56. The van der Waals surface area contributed by atoms with Gasteiger partial charge in [0, 0.05) is 19.1 Å². The molecule has 0 radical (unpaired) electrons. The summed E-state index contributed by atoms with van der Waals surface area (Å²) in [5, 5.41) is 6.06. The van der Waals surface area contributed by atoms with Crippen molar-refractivity contribution >= 4 is 5.91 Å². The second kappa shape index (κ2) is 6.43. The van der Waals surface area contributed by atoms with Crippen LogP contribution in [-0.4, -0.2) is 37.7 Å². The smallest absolute Gasteiger partial charge is 0.264 e. The monoisotopic (exact) mass is 264 g/mol. The molecule has 0 aliphatic carbocycles. The quantitative estimate of drug-likeness (QED) is 0.777. The Morgan fingerprint density at radius 1 is 1.32 bits per heavy atom. The van der Waals surface area contributed by atoms with E-state index in [1.807, 2.05) is 18.2 Å². The van der Waals surface area contributed by atoms with Crippen LogP contribution in [0.25, 0.3) is 0 Å². The summed E-state index contributed by atoms with van der Waals surface area (Å²) >= 11 is 0. The van der Waals surface area contributed by atoms with Gasteiger partial charge < -0.3 is 20.1 Å². The second-order valence-electron chi connectivity index (χ2n) is 4.76. The number of para-hydroxylation sites is 2. The van der Waals surface area contributed by atoms with Gasteiger partial charge in [-0.1, -0.05) is 26.0 Å². The van der Waals surface area contributed by atoms with E-state index in [1.165, 1.54) is 0 Å². The molecule has 1 heterocycles. The number of hydrogen-bond donors (Lipinski definition) is 2. The minimum absolute atomic E-state index is 0.139. The van der Waals surface area contributed by atoms with E-state index in [9.17, 15) is 4.79 Å². The van der Waals surface area contributed by atoms with Crippen LogP contribution in [0, 0.1) is 0 Å². The molecule has 1 aromatic carbocycles. The molecule has 1 aliphatic rings. The summed E-state index contributed by atoms with van der Waals surface area (Å²) in [6, 6.07) is 7.78. The van der Waals surface area contributed by atoms with Gasteiger partial charge in [-0.25, -0.2) is 0 Å². The third kappa shape index (κ3) is 3.86. The average molecular weight is 264 g/mol. The van der Waals surface area contributed by atoms with E-state index in [2.05, 4.69) is 24.5 Å². The Labute approximate surface area is 113 Å². The molecule has 0 saturated carbocycles. The van der Waals surface area contributed by atoms with Gasteiger partial charge in [0.15, 0.2) is 11.5 Å². The summed E-state index contributed by atoms with van der Waals surface area (Å²) in [4.78, 5) is 11.9. The highest BCUT2D eigenvalue weighted by molar-refractivity contribution is 5.81. The van der Waals surface area contributed by atoms with Crippen molar-refractivity contribution in [3.05, 3.63) is 24.3 Å². The molecule has 5 heteroatoms. The van der Waals surface area contributed by atoms with E-state index in [0.29, 0.717) is 24.1 Å². The number of rotatable bonds is 5. The lowest BCUT2D eigenvalue weighted by atomic mass is 10.2. The zero-order valence-corrected chi connectivity index (χ0v) is 11.3. The first-order valence-corrected chi connectivity index (χ1v) is 6.56. The van der Waals surface area contributed by atoms with E-state index in [-0.39, 0.29) is 12.5 Å². The Morgan fingerprint density at radius 3 is 2.79 bits per heavy atom. The number of benzene rings is 1. The number of amides is 1. The predicted octanol–water partition coefficient (Wildman–Crippen LogP) is 0.941. The highest BCUT2D eigenvalue weighted by Gasteiger charge is 2.26. The van der Waals surface area contributed by atoms with Gasteiger partial charge in [-0.2, -0.15) is 0 Å². The zero-order valence-electron chi connectivity index (χ0n) is 11.3. The maximum Gasteiger partial charge on any atom is 0.264 e. The number of carbonyl (C=O) groups excluding carboxylic acids is 1. The highest BCUT2D eigenvalue weighted by atomic mass is 16.6. The normalized spacial score (nSPS) is 17.3. The molecule has 0 spiro atoms. The summed E-state index contributed by atoms with van der Waals surface area (Å²) in [7, 11) is 0. The molecule has 1 aliphatic heterocycles. The second-order valence-corrected chi connectivity index (χ2v) is 4.76. The number of hydrogen-bond acceptors (Lipinski definition) is 4. The van der Waals surface area contributed by atoms with E-state index < -0.39 is 6.10 Å². The van der Waals surface area contributed by atoms with Crippen molar-refractivity contribution in [2.45, 2.75) is 26.0 Å². The third-order valence-electron chi connectivity index (χ3n) is 2.78. The molecule has 0 saturated heterocycles. The van der Waals surface area contributed by atoms with E-state index in [0.717, 1.165) is 6.54 Å². The maximum atomic E-state index is 11.9. The number of ether oxygens (including phenoxy) is 2. The van der Waals surface area contributed by atoms with Crippen LogP contribution in [-0.2, 0) is 4.79 Å². The molecule has 1 aromatic rings. The lowest BCUT2D eigenvalue weighted by Crippen LogP contribution is -2.46. The minimum atomic E-state index is -0.575. The Morgan fingerprint density at radius 2 is 2.05 bits per heavy atom. The van der Waals surface area contributed by atoms with E-state index in [4.69, 9.17) is 9.47 Å². The van der Waals surface area contributed by atoms with Crippen LogP contribution in [0.2, 0.25) is 0 Å². The van der Waals surface area contributed by atoms with Crippen molar-refractivity contribution in [3.8, 4) is 11.5 Å². The lowest BCUT2D eigenvalue weighted by molar-refractivity contribution is -0.130. The van der Waals surface area contributed by atoms with Crippen LogP contribution >= 0.6 is 0 Å². The average Bonchev–Trinajstić information content (AvgIpc) is 2.42. The fourth-order valence-corrected chi connectivity index (χ4v) is 1.81. The molecule has 1 amide bonds. The van der Waals surface area contributed by atoms with E-state index >= 15 is 0 Å².